The Kier molecular flexibility index (Phi) is 6.55. The summed E-state index contributed by atoms with van der Waals surface area (Å²) in [6.07, 6.45) is 0.583. The van der Waals surface area contributed by atoms with Gasteiger partial charge in [-0.25, -0.2) is 0 Å². The number of hydrogen-bond acceptors (Lipinski definition) is 3. The maximum Gasteiger partial charge on any atom is 0.256 e. The van der Waals surface area contributed by atoms with E-state index in [-0.39, 0.29) is 18.0 Å². The minimum Gasteiger partial charge on any atom is -0.361 e. The zero-order chi connectivity index (χ0) is 22.5. The Morgan fingerprint density at radius 3 is 2.34 bits per heavy atom. The van der Waals surface area contributed by atoms with E-state index in [1.807, 2.05) is 71.6 Å². The van der Waals surface area contributed by atoms with Gasteiger partial charge in [-0.1, -0.05) is 62.4 Å². The fourth-order valence-corrected chi connectivity index (χ4v) is 4.05. The van der Waals surface area contributed by atoms with Crippen molar-refractivity contribution in [1.82, 2.24) is 10.2 Å². The van der Waals surface area contributed by atoms with Gasteiger partial charge in [-0.05, 0) is 48.2 Å². The van der Waals surface area contributed by atoms with Crippen LogP contribution in [0.15, 0.2) is 78.9 Å². The van der Waals surface area contributed by atoms with Crippen molar-refractivity contribution in [3.8, 4) is 0 Å². The van der Waals surface area contributed by atoms with Crippen molar-refractivity contribution in [2.75, 3.05) is 18.4 Å². The number of benzene rings is 3. The Bertz CT molecular complexity index is 1080. The number of nitrogens with zero attached hydrogens (tertiary/aromatic N) is 1. The Balaban J connectivity index is 1.41. The molecule has 2 amide bonds. The van der Waals surface area contributed by atoms with E-state index >= 15 is 0 Å². The second-order valence-corrected chi connectivity index (χ2v) is 8.55. The highest BCUT2D eigenvalue weighted by Crippen LogP contribution is 2.34. The van der Waals surface area contributed by atoms with Crippen molar-refractivity contribution in [3.63, 3.8) is 0 Å². The van der Waals surface area contributed by atoms with Crippen LogP contribution in [0.2, 0.25) is 0 Å². The molecule has 1 heterocycles. The molecule has 0 bridgehead atoms. The molecule has 0 unspecified atom stereocenters. The minimum absolute atomic E-state index is 0.0567. The molecule has 32 heavy (non-hydrogen) atoms. The summed E-state index contributed by atoms with van der Waals surface area (Å²) in [7, 11) is 0. The van der Waals surface area contributed by atoms with Crippen LogP contribution in [0.5, 0.6) is 0 Å². The van der Waals surface area contributed by atoms with Gasteiger partial charge in [0.15, 0.2) is 0 Å². The van der Waals surface area contributed by atoms with E-state index in [1.54, 1.807) is 0 Å². The molecule has 1 aliphatic rings. The SMILES string of the molecule is CC(C)CN1C(=O)c2ccccc2[C@@H]1Nc1ccc(C(=O)NCCc2ccccc2)cc1. The number of hydrogen-bond donors (Lipinski definition) is 2. The second kappa shape index (κ2) is 9.69. The van der Waals surface area contributed by atoms with Crippen LogP contribution in [-0.2, 0) is 6.42 Å². The van der Waals surface area contributed by atoms with Gasteiger partial charge in [-0.3, -0.25) is 9.59 Å². The summed E-state index contributed by atoms with van der Waals surface area (Å²) in [4.78, 5) is 27.3. The highest BCUT2D eigenvalue weighted by Gasteiger charge is 2.36. The van der Waals surface area contributed by atoms with Gasteiger partial charge in [0.05, 0.1) is 0 Å². The van der Waals surface area contributed by atoms with Gasteiger partial charge in [0.1, 0.15) is 6.17 Å². The van der Waals surface area contributed by atoms with E-state index in [4.69, 9.17) is 0 Å². The van der Waals surface area contributed by atoms with E-state index in [1.165, 1.54) is 5.56 Å². The summed E-state index contributed by atoms with van der Waals surface area (Å²) in [5.41, 5.74) is 4.42. The molecule has 0 spiro atoms. The number of nitrogens with one attached hydrogen (secondary N) is 2. The topological polar surface area (TPSA) is 61.4 Å². The standard InChI is InChI=1S/C27H29N3O2/c1-19(2)18-30-25(23-10-6-7-11-24(23)27(30)32)29-22-14-12-21(13-15-22)26(31)28-17-16-20-8-4-3-5-9-20/h3-15,19,25,29H,16-18H2,1-2H3,(H,28,31)/t25-/m1/s1. The fraction of sp³-hybridized carbons (Fsp3) is 0.259. The molecule has 0 saturated carbocycles. The predicted molar refractivity (Wildman–Crippen MR) is 128 cm³/mol. The van der Waals surface area contributed by atoms with Gasteiger partial charge < -0.3 is 15.5 Å². The summed E-state index contributed by atoms with van der Waals surface area (Å²) in [5.74, 6) is 0.330. The molecule has 1 aliphatic heterocycles. The maximum absolute atomic E-state index is 12.9. The zero-order valence-electron chi connectivity index (χ0n) is 18.5. The third-order valence-corrected chi connectivity index (χ3v) is 5.61. The number of anilines is 1. The van der Waals surface area contributed by atoms with Crippen LogP contribution in [0.3, 0.4) is 0 Å². The highest BCUT2D eigenvalue weighted by molar-refractivity contribution is 5.99. The van der Waals surface area contributed by atoms with E-state index in [2.05, 4.69) is 36.6 Å². The summed E-state index contributed by atoms with van der Waals surface area (Å²) in [5, 5.41) is 6.46. The molecule has 0 aliphatic carbocycles. The second-order valence-electron chi connectivity index (χ2n) is 8.55. The van der Waals surface area contributed by atoms with Crippen molar-refractivity contribution in [3.05, 3.63) is 101 Å². The van der Waals surface area contributed by atoms with Gasteiger partial charge in [0.2, 0.25) is 0 Å². The molecule has 5 nitrogen and oxygen atoms in total. The van der Waals surface area contributed by atoms with Crippen LogP contribution in [0.4, 0.5) is 5.69 Å². The van der Waals surface area contributed by atoms with Gasteiger partial charge in [-0.2, -0.15) is 0 Å². The molecule has 0 aromatic heterocycles. The van der Waals surface area contributed by atoms with Crippen molar-refractivity contribution in [2.24, 2.45) is 5.92 Å². The lowest BCUT2D eigenvalue weighted by Gasteiger charge is -2.28. The molecule has 0 radical (unpaired) electrons. The molecule has 2 N–H and O–H groups in total. The summed E-state index contributed by atoms with van der Waals surface area (Å²) >= 11 is 0. The van der Waals surface area contributed by atoms with Gasteiger partial charge >= 0.3 is 0 Å². The molecule has 0 fully saturated rings. The van der Waals surface area contributed by atoms with Crippen LogP contribution in [0.25, 0.3) is 0 Å². The lowest BCUT2D eigenvalue weighted by atomic mass is 10.1. The Labute approximate surface area is 189 Å². The van der Waals surface area contributed by atoms with Gasteiger partial charge in [0, 0.05) is 35.5 Å². The van der Waals surface area contributed by atoms with Crippen LogP contribution in [-0.4, -0.2) is 29.8 Å². The quantitative estimate of drug-likeness (QED) is 0.539. The first-order chi connectivity index (χ1) is 15.5. The Morgan fingerprint density at radius 1 is 0.938 bits per heavy atom. The van der Waals surface area contributed by atoms with Crippen molar-refractivity contribution >= 4 is 17.5 Å². The average molecular weight is 428 g/mol. The number of rotatable bonds is 8. The monoisotopic (exact) mass is 427 g/mol. The molecule has 4 rings (SSSR count). The molecule has 164 valence electrons. The first-order valence-electron chi connectivity index (χ1n) is 11.1. The third-order valence-electron chi connectivity index (χ3n) is 5.61. The predicted octanol–water partition coefficient (Wildman–Crippen LogP) is 4.88. The fourth-order valence-electron chi connectivity index (χ4n) is 4.05. The molecular formula is C27H29N3O2. The number of amides is 2. The van der Waals surface area contributed by atoms with E-state index in [0.717, 1.165) is 23.2 Å². The molecule has 5 heteroatoms. The summed E-state index contributed by atoms with van der Waals surface area (Å²) in [6, 6.07) is 25.3. The number of fused-ring (bicyclic) bond motifs is 1. The average Bonchev–Trinajstić information content (AvgIpc) is 3.06. The van der Waals surface area contributed by atoms with Crippen LogP contribution in [0, 0.1) is 5.92 Å². The van der Waals surface area contributed by atoms with Crippen LogP contribution in [0.1, 0.15) is 51.9 Å². The molecule has 0 saturated heterocycles. The van der Waals surface area contributed by atoms with Gasteiger partial charge in [0.25, 0.3) is 11.8 Å². The molecular weight excluding hydrogens is 398 g/mol. The van der Waals surface area contributed by atoms with Crippen LogP contribution >= 0.6 is 0 Å². The largest absolute Gasteiger partial charge is 0.361 e. The first kappa shape index (κ1) is 21.6. The summed E-state index contributed by atoms with van der Waals surface area (Å²) < 4.78 is 0. The van der Waals surface area contributed by atoms with Crippen molar-refractivity contribution in [1.29, 1.82) is 0 Å². The van der Waals surface area contributed by atoms with Gasteiger partial charge in [-0.15, -0.1) is 0 Å². The van der Waals surface area contributed by atoms with E-state index in [0.29, 0.717) is 24.6 Å². The van der Waals surface area contributed by atoms with E-state index in [9.17, 15) is 9.59 Å². The van der Waals surface area contributed by atoms with Crippen molar-refractivity contribution in [2.45, 2.75) is 26.4 Å². The zero-order valence-corrected chi connectivity index (χ0v) is 18.5. The lowest BCUT2D eigenvalue weighted by Crippen LogP contribution is -2.35. The lowest BCUT2D eigenvalue weighted by molar-refractivity contribution is 0.0720. The number of carbonyl (C=O) groups excluding carboxylic acids is 2. The maximum atomic E-state index is 12.9. The normalized spacial score (nSPS) is 15.0. The summed E-state index contributed by atoms with van der Waals surface area (Å²) in [6.45, 7) is 5.48. The Hall–Kier alpha value is -3.60. The van der Waals surface area contributed by atoms with Crippen molar-refractivity contribution < 1.29 is 9.59 Å². The van der Waals surface area contributed by atoms with Crippen LogP contribution < -0.4 is 10.6 Å². The Morgan fingerprint density at radius 2 is 1.62 bits per heavy atom. The van der Waals surface area contributed by atoms with E-state index < -0.39 is 0 Å². The molecule has 3 aromatic carbocycles. The molecule has 3 aromatic rings. The molecule has 1 atom stereocenters. The minimum atomic E-state index is -0.216. The third kappa shape index (κ3) is 4.83. The first-order valence-corrected chi connectivity index (χ1v) is 11.1. The highest BCUT2D eigenvalue weighted by atomic mass is 16.2. The number of carbonyl (C=O) groups is 2. The smallest absolute Gasteiger partial charge is 0.256 e.